The van der Waals surface area contributed by atoms with Crippen LogP contribution in [0, 0.1) is 5.41 Å². The van der Waals surface area contributed by atoms with Crippen molar-refractivity contribution in [2.45, 2.75) is 44.6 Å². The van der Waals surface area contributed by atoms with Crippen LogP contribution in [-0.2, 0) is 4.79 Å². The van der Waals surface area contributed by atoms with Gasteiger partial charge < -0.3 is 15.4 Å². The Hall–Kier alpha value is -3.21. The number of carbonyl (C=O) groups excluding carboxylic acids is 2. The zero-order valence-corrected chi connectivity index (χ0v) is 20.7. The lowest BCUT2D eigenvalue weighted by molar-refractivity contribution is -0.290. The van der Waals surface area contributed by atoms with E-state index in [1.165, 1.54) is 43.5 Å². The van der Waals surface area contributed by atoms with Crippen molar-refractivity contribution in [2.24, 2.45) is 5.41 Å². The number of hydrogen-bond donors (Lipinski definition) is 2. The highest BCUT2D eigenvalue weighted by atomic mass is 35.5. The van der Waals surface area contributed by atoms with Gasteiger partial charge in [-0.25, -0.2) is 0 Å². The van der Waals surface area contributed by atoms with Crippen molar-refractivity contribution < 1.29 is 40.7 Å². The van der Waals surface area contributed by atoms with Crippen LogP contribution in [-0.4, -0.2) is 36.7 Å². The molecule has 0 atom stereocenters. The Balaban J connectivity index is 2.26. The first-order chi connectivity index (χ1) is 17.0. The van der Waals surface area contributed by atoms with Crippen molar-refractivity contribution in [3.8, 4) is 5.75 Å². The highest BCUT2D eigenvalue weighted by Crippen LogP contribution is 2.52. The summed E-state index contributed by atoms with van der Waals surface area (Å²) < 4.78 is 92.5. The number of halogens is 7. The van der Waals surface area contributed by atoms with Crippen LogP contribution in [0.15, 0.2) is 59.8 Å². The van der Waals surface area contributed by atoms with E-state index in [1.807, 2.05) is 0 Å². The summed E-state index contributed by atoms with van der Waals surface area (Å²) in [6.45, 7) is 3.09. The van der Waals surface area contributed by atoms with Crippen molar-refractivity contribution in [1.29, 1.82) is 0 Å². The average Bonchev–Trinajstić information content (AvgIpc) is 2.77. The van der Waals surface area contributed by atoms with Crippen LogP contribution in [0.3, 0.4) is 0 Å². The van der Waals surface area contributed by atoms with Gasteiger partial charge in [-0.1, -0.05) is 25.4 Å². The van der Waals surface area contributed by atoms with Gasteiger partial charge in [-0.05, 0) is 60.4 Å². The fourth-order valence-corrected chi connectivity index (χ4v) is 4.33. The van der Waals surface area contributed by atoms with E-state index >= 15 is 0 Å². The molecule has 0 heterocycles. The maximum atomic E-state index is 14.6. The number of ketones is 1. The molecule has 0 saturated heterocycles. The van der Waals surface area contributed by atoms with Crippen LogP contribution in [0.1, 0.15) is 37.0 Å². The van der Waals surface area contributed by atoms with Crippen LogP contribution >= 0.6 is 11.6 Å². The molecule has 3 rings (SSSR count). The molecule has 0 bridgehead atoms. The lowest BCUT2D eigenvalue weighted by atomic mass is 9.70. The minimum Gasteiger partial charge on any atom is -0.497 e. The molecule has 200 valence electrons. The molecule has 0 aromatic heterocycles. The number of anilines is 1. The third-order valence-corrected chi connectivity index (χ3v) is 6.15. The third-order valence-electron chi connectivity index (χ3n) is 5.89. The smallest absolute Gasteiger partial charge is 0.425 e. The van der Waals surface area contributed by atoms with E-state index < -0.39 is 58.3 Å². The van der Waals surface area contributed by atoms with E-state index in [0.717, 1.165) is 17.4 Å². The predicted octanol–water partition coefficient (Wildman–Crippen LogP) is 6.70. The summed E-state index contributed by atoms with van der Waals surface area (Å²) in [5, 5.41) is 3.98. The molecule has 37 heavy (non-hydrogen) atoms. The van der Waals surface area contributed by atoms with Gasteiger partial charge in [0.2, 0.25) is 0 Å². The monoisotopic (exact) mass is 548 g/mol. The number of Topliss-reactive ketones (excluding diaryl/α,β-unsaturated/α-hetero) is 1. The molecule has 0 saturated carbocycles. The number of ether oxygens (including phenoxy) is 1. The Bertz CT molecular complexity index is 1190. The van der Waals surface area contributed by atoms with Gasteiger partial charge in [-0.15, -0.1) is 0 Å². The lowest BCUT2D eigenvalue weighted by Crippen LogP contribution is -2.70. The van der Waals surface area contributed by atoms with E-state index in [4.69, 9.17) is 16.3 Å². The molecule has 1 amide bonds. The summed E-state index contributed by atoms with van der Waals surface area (Å²) in [6, 6.07) is 9.89. The highest BCUT2D eigenvalue weighted by molar-refractivity contribution is 6.30. The van der Waals surface area contributed by atoms with Gasteiger partial charge >= 0.3 is 12.4 Å². The summed E-state index contributed by atoms with van der Waals surface area (Å²) in [6.07, 6.45) is -13.2. The van der Waals surface area contributed by atoms with Crippen LogP contribution in [0.4, 0.5) is 32.0 Å². The van der Waals surface area contributed by atoms with E-state index in [2.05, 4.69) is 5.32 Å². The molecule has 1 aliphatic carbocycles. The number of carbonyl (C=O) groups is 2. The lowest BCUT2D eigenvalue weighted by Gasteiger charge is -2.43. The second-order valence-electron chi connectivity index (χ2n) is 9.35. The fraction of sp³-hybridized carbons (Fsp3) is 0.360. The standard InChI is InChI=1S/C25H23ClF6N2O3/c1-22(2)12-18(33-16-8-6-15(26)7-9-16)20(19(35)13-22)23(24(27,28)29,25(30,31)32)34-21(36)14-4-10-17(37-3)11-5-14/h4-11,33H,12-13H2,1-3H3,(H,34,36). The molecule has 0 radical (unpaired) electrons. The molecule has 2 N–H and O–H groups in total. The molecule has 0 aliphatic heterocycles. The van der Waals surface area contributed by atoms with E-state index in [0.29, 0.717) is 0 Å². The molecular formula is C25H23ClF6N2O3. The van der Waals surface area contributed by atoms with Gasteiger partial charge in [0.1, 0.15) is 5.75 Å². The van der Waals surface area contributed by atoms with Crippen LogP contribution in [0.5, 0.6) is 5.75 Å². The molecule has 0 spiro atoms. The first-order valence-electron chi connectivity index (χ1n) is 10.9. The van der Waals surface area contributed by atoms with Gasteiger partial charge in [-0.2, -0.15) is 26.3 Å². The number of alkyl halides is 6. The molecule has 1 aliphatic rings. The Labute approximate surface area is 213 Å². The Kier molecular flexibility index (Phi) is 7.61. The highest BCUT2D eigenvalue weighted by Gasteiger charge is 2.75. The first-order valence-corrected chi connectivity index (χ1v) is 11.3. The van der Waals surface area contributed by atoms with Crippen LogP contribution in [0.25, 0.3) is 0 Å². The quantitative estimate of drug-likeness (QED) is 0.394. The number of methoxy groups -OCH3 is 1. The van der Waals surface area contributed by atoms with Crippen LogP contribution < -0.4 is 15.4 Å². The minimum atomic E-state index is -6.13. The van der Waals surface area contributed by atoms with Crippen molar-refractivity contribution >= 4 is 29.0 Å². The second-order valence-corrected chi connectivity index (χ2v) is 9.79. The van der Waals surface area contributed by atoms with E-state index in [1.54, 1.807) is 13.8 Å². The van der Waals surface area contributed by atoms with Gasteiger partial charge in [0.15, 0.2) is 5.78 Å². The predicted molar refractivity (Wildman–Crippen MR) is 125 cm³/mol. The molecule has 2 aromatic carbocycles. The number of nitrogens with one attached hydrogen (secondary N) is 2. The second kappa shape index (κ2) is 9.92. The van der Waals surface area contributed by atoms with Crippen molar-refractivity contribution in [1.82, 2.24) is 5.32 Å². The molecule has 12 heteroatoms. The average molecular weight is 549 g/mol. The zero-order valence-electron chi connectivity index (χ0n) is 19.9. The summed E-state index contributed by atoms with van der Waals surface area (Å²) in [5.74, 6) is -2.83. The van der Waals surface area contributed by atoms with Gasteiger partial charge in [-0.3, -0.25) is 9.59 Å². The molecule has 0 fully saturated rings. The fourth-order valence-electron chi connectivity index (χ4n) is 4.20. The maximum absolute atomic E-state index is 14.6. The van der Waals surface area contributed by atoms with Gasteiger partial charge in [0, 0.05) is 28.4 Å². The Morgan fingerprint density at radius 3 is 1.95 bits per heavy atom. The first kappa shape index (κ1) is 28.4. The number of benzene rings is 2. The Morgan fingerprint density at radius 2 is 1.46 bits per heavy atom. The molecule has 2 aromatic rings. The van der Waals surface area contributed by atoms with Gasteiger partial charge in [0.25, 0.3) is 11.4 Å². The van der Waals surface area contributed by atoms with Gasteiger partial charge in [0.05, 0.1) is 12.7 Å². The summed E-state index contributed by atoms with van der Waals surface area (Å²) in [7, 11) is 1.30. The maximum Gasteiger partial charge on any atom is 0.425 e. The van der Waals surface area contributed by atoms with Crippen LogP contribution in [0.2, 0.25) is 5.02 Å². The summed E-state index contributed by atoms with van der Waals surface area (Å²) in [5.41, 5.74) is -8.54. The number of allylic oxidation sites excluding steroid dienone is 1. The topological polar surface area (TPSA) is 67.4 Å². The summed E-state index contributed by atoms with van der Waals surface area (Å²) >= 11 is 5.83. The normalized spacial score (nSPS) is 16.4. The minimum absolute atomic E-state index is 0.113. The summed E-state index contributed by atoms with van der Waals surface area (Å²) in [4.78, 5) is 25.9. The Morgan fingerprint density at radius 1 is 0.919 bits per heavy atom. The molecule has 5 nitrogen and oxygen atoms in total. The zero-order chi connectivity index (χ0) is 27.8. The van der Waals surface area contributed by atoms with Crippen molar-refractivity contribution in [3.63, 3.8) is 0 Å². The van der Waals surface area contributed by atoms with Crippen molar-refractivity contribution in [2.75, 3.05) is 12.4 Å². The number of rotatable bonds is 6. The number of hydrogen-bond acceptors (Lipinski definition) is 4. The van der Waals surface area contributed by atoms with E-state index in [-0.39, 0.29) is 22.9 Å². The molecular weight excluding hydrogens is 526 g/mol. The van der Waals surface area contributed by atoms with E-state index in [9.17, 15) is 35.9 Å². The third kappa shape index (κ3) is 5.71. The number of amides is 1. The molecule has 0 unspecified atom stereocenters. The van der Waals surface area contributed by atoms with Crippen molar-refractivity contribution in [3.05, 3.63) is 70.4 Å². The SMILES string of the molecule is COc1ccc(C(=O)NC(C2=C(Nc3ccc(Cl)cc3)CC(C)(C)CC2=O)(C(F)(F)F)C(F)(F)F)cc1. The largest absolute Gasteiger partial charge is 0.497 e.